The number of carbonyl (C=O) groups excluding carboxylic acids is 1. The van der Waals surface area contributed by atoms with E-state index in [1.807, 2.05) is 4.90 Å². The summed E-state index contributed by atoms with van der Waals surface area (Å²) in [6, 6.07) is 0. The Morgan fingerprint density at radius 2 is 2.04 bits per heavy atom. The zero-order valence-corrected chi connectivity index (χ0v) is 15.6. The first-order chi connectivity index (χ1) is 12.7. The molecular formula is C16H27N5O6. The molecule has 1 aromatic heterocycles. The van der Waals surface area contributed by atoms with Gasteiger partial charge in [0.1, 0.15) is 11.9 Å². The number of amides is 1. The van der Waals surface area contributed by atoms with Crippen molar-refractivity contribution in [2.45, 2.75) is 63.4 Å². The molecule has 1 amide bonds. The van der Waals surface area contributed by atoms with Crippen LogP contribution in [0.15, 0.2) is 0 Å². The minimum atomic E-state index is -1.14. The summed E-state index contributed by atoms with van der Waals surface area (Å²) in [5, 5.41) is 38.2. The van der Waals surface area contributed by atoms with Gasteiger partial charge in [-0.25, -0.2) is 4.68 Å². The summed E-state index contributed by atoms with van der Waals surface area (Å²) >= 11 is 0. The van der Waals surface area contributed by atoms with Crippen LogP contribution < -0.4 is 0 Å². The van der Waals surface area contributed by atoms with Gasteiger partial charge in [-0.05, 0) is 37.1 Å². The highest BCUT2D eigenvalue weighted by Crippen LogP contribution is 2.39. The lowest BCUT2D eigenvalue weighted by Gasteiger charge is -2.49. The van der Waals surface area contributed by atoms with Crippen molar-refractivity contribution in [1.29, 1.82) is 0 Å². The van der Waals surface area contributed by atoms with Crippen molar-refractivity contribution in [1.82, 2.24) is 25.1 Å². The molecule has 0 bridgehead atoms. The fraction of sp³-hybridized carbons (Fsp3) is 0.812. The Morgan fingerprint density at radius 3 is 2.56 bits per heavy atom. The van der Waals surface area contributed by atoms with E-state index in [2.05, 4.69) is 15.5 Å². The van der Waals surface area contributed by atoms with Crippen molar-refractivity contribution in [2.24, 2.45) is 0 Å². The lowest BCUT2D eigenvalue weighted by molar-refractivity contribution is -0.222. The fourth-order valence-electron chi connectivity index (χ4n) is 3.56. The van der Waals surface area contributed by atoms with Crippen LogP contribution >= 0.6 is 0 Å². The molecule has 11 heteroatoms. The second kappa shape index (κ2) is 8.72. The third kappa shape index (κ3) is 5.21. The maximum absolute atomic E-state index is 12.4. The molecule has 0 aromatic carbocycles. The number of carbonyl (C=O) groups is 2. The van der Waals surface area contributed by atoms with E-state index in [1.165, 1.54) is 0 Å². The molecule has 0 aliphatic carbocycles. The second-order valence-corrected chi connectivity index (χ2v) is 7.23. The third-order valence-electron chi connectivity index (χ3n) is 5.22. The molecule has 3 rings (SSSR count). The van der Waals surface area contributed by atoms with Gasteiger partial charge in [0.2, 0.25) is 5.91 Å². The van der Waals surface area contributed by atoms with Crippen LogP contribution in [0.25, 0.3) is 0 Å². The molecule has 3 N–H and O–H groups in total. The molecule has 2 aliphatic heterocycles. The Balaban J connectivity index is 0.000000817. The van der Waals surface area contributed by atoms with Gasteiger partial charge < -0.3 is 25.0 Å². The summed E-state index contributed by atoms with van der Waals surface area (Å²) in [6.07, 6.45) is 1.24. The van der Waals surface area contributed by atoms with Gasteiger partial charge in [0.05, 0.1) is 24.4 Å². The van der Waals surface area contributed by atoms with E-state index in [-0.39, 0.29) is 19.0 Å². The molecule has 0 radical (unpaired) electrons. The molecule has 1 spiro atoms. The standard InChI is InChI=1S/C15H25N5O4.CH2O2/c1-11-16-17-18-20(11)6-3-13(22)19-7-4-15(5-8-19)10-14(2,23)12(21)9-24-15;2-1-3/h12,21,23H,3-10H2,1-2H3;1H,(H,2,3)/t12-,14-;/m0./s1. The van der Waals surface area contributed by atoms with E-state index in [1.54, 1.807) is 18.5 Å². The first kappa shape index (κ1) is 21.2. The van der Waals surface area contributed by atoms with Gasteiger partial charge >= 0.3 is 0 Å². The average Bonchev–Trinajstić information content (AvgIpc) is 3.02. The average molecular weight is 385 g/mol. The molecule has 1 aromatic rings. The number of hydrogen-bond acceptors (Lipinski definition) is 8. The number of aromatic nitrogens is 4. The highest BCUT2D eigenvalue weighted by Gasteiger charge is 2.48. The van der Waals surface area contributed by atoms with Gasteiger partial charge in [-0.15, -0.1) is 5.10 Å². The predicted octanol–water partition coefficient (Wildman–Crippen LogP) is -1.03. The van der Waals surface area contributed by atoms with Gasteiger partial charge in [0.25, 0.3) is 6.47 Å². The SMILES string of the molecule is Cc1nnnn1CCC(=O)N1CCC2(CC1)C[C@](C)(O)[C@@H](O)CO2.O=CO. The number of aliphatic hydroxyl groups is 2. The van der Waals surface area contributed by atoms with Crippen LogP contribution in [-0.4, -0.2) is 89.8 Å². The molecule has 2 aliphatic rings. The van der Waals surface area contributed by atoms with Gasteiger partial charge in [-0.1, -0.05) is 0 Å². The first-order valence-corrected chi connectivity index (χ1v) is 8.86. The van der Waals surface area contributed by atoms with Crippen molar-refractivity contribution in [3.63, 3.8) is 0 Å². The van der Waals surface area contributed by atoms with Gasteiger partial charge in [0, 0.05) is 25.9 Å². The number of hydrogen-bond donors (Lipinski definition) is 3. The van der Waals surface area contributed by atoms with Crippen molar-refractivity contribution in [3.05, 3.63) is 5.82 Å². The number of likely N-dealkylation sites (tertiary alicyclic amines) is 1. The van der Waals surface area contributed by atoms with E-state index in [9.17, 15) is 15.0 Å². The van der Waals surface area contributed by atoms with Crippen molar-refractivity contribution >= 4 is 12.4 Å². The molecule has 3 heterocycles. The smallest absolute Gasteiger partial charge is 0.290 e. The normalized spacial score (nSPS) is 27.0. The number of aliphatic hydroxyl groups excluding tert-OH is 1. The number of aryl methyl sites for hydroxylation is 2. The number of ether oxygens (including phenoxy) is 1. The van der Waals surface area contributed by atoms with Crippen LogP contribution in [0.5, 0.6) is 0 Å². The largest absolute Gasteiger partial charge is 0.483 e. The van der Waals surface area contributed by atoms with Crippen LogP contribution in [0.3, 0.4) is 0 Å². The summed E-state index contributed by atoms with van der Waals surface area (Å²) in [5.74, 6) is 0.763. The summed E-state index contributed by atoms with van der Waals surface area (Å²) in [6.45, 7) is 5.00. The predicted molar refractivity (Wildman–Crippen MR) is 91.6 cm³/mol. The Labute approximate surface area is 156 Å². The zero-order valence-electron chi connectivity index (χ0n) is 15.6. The van der Waals surface area contributed by atoms with E-state index in [4.69, 9.17) is 14.6 Å². The lowest BCUT2D eigenvalue weighted by Crippen LogP contribution is -2.59. The second-order valence-electron chi connectivity index (χ2n) is 7.23. The quantitative estimate of drug-likeness (QED) is 0.554. The Morgan fingerprint density at radius 1 is 1.41 bits per heavy atom. The van der Waals surface area contributed by atoms with Crippen LogP contribution in [0, 0.1) is 6.92 Å². The molecule has 11 nitrogen and oxygen atoms in total. The van der Waals surface area contributed by atoms with E-state index >= 15 is 0 Å². The Hall–Kier alpha value is -2.11. The van der Waals surface area contributed by atoms with Crippen molar-refractivity contribution in [3.8, 4) is 0 Å². The molecule has 27 heavy (non-hydrogen) atoms. The summed E-state index contributed by atoms with van der Waals surface area (Å²) in [5.41, 5.74) is -1.58. The van der Waals surface area contributed by atoms with Gasteiger partial charge in [-0.2, -0.15) is 0 Å². The van der Waals surface area contributed by atoms with Gasteiger partial charge in [0.15, 0.2) is 0 Å². The van der Waals surface area contributed by atoms with Crippen LogP contribution in [0.4, 0.5) is 0 Å². The maximum Gasteiger partial charge on any atom is 0.290 e. The monoisotopic (exact) mass is 385 g/mol. The molecule has 2 atom stereocenters. The topological polar surface area (TPSA) is 151 Å². The molecule has 0 saturated carbocycles. The summed E-state index contributed by atoms with van der Waals surface area (Å²) in [7, 11) is 0. The fourth-order valence-corrected chi connectivity index (χ4v) is 3.56. The van der Waals surface area contributed by atoms with E-state index in [0.29, 0.717) is 51.1 Å². The van der Waals surface area contributed by atoms with E-state index < -0.39 is 17.3 Å². The van der Waals surface area contributed by atoms with Crippen molar-refractivity contribution in [2.75, 3.05) is 19.7 Å². The number of piperidine rings is 1. The van der Waals surface area contributed by atoms with E-state index in [0.717, 1.165) is 0 Å². The van der Waals surface area contributed by atoms with Crippen LogP contribution in [0.2, 0.25) is 0 Å². The Bertz CT molecular complexity index is 641. The maximum atomic E-state index is 12.4. The molecule has 152 valence electrons. The van der Waals surface area contributed by atoms with Gasteiger partial charge in [-0.3, -0.25) is 9.59 Å². The lowest BCUT2D eigenvalue weighted by atomic mass is 9.76. The number of nitrogens with zero attached hydrogens (tertiary/aromatic N) is 5. The molecule has 2 saturated heterocycles. The number of rotatable bonds is 3. The Kier molecular flexibility index (Phi) is 6.84. The number of carboxylic acid groups (broad SMARTS) is 1. The number of tetrazole rings is 1. The minimum absolute atomic E-state index is 0.0716. The van der Waals surface area contributed by atoms with Crippen LogP contribution in [0.1, 0.15) is 38.4 Å². The molecule has 0 unspecified atom stereocenters. The molecule has 2 fully saturated rings. The highest BCUT2D eigenvalue weighted by molar-refractivity contribution is 5.76. The summed E-state index contributed by atoms with van der Waals surface area (Å²) < 4.78 is 7.46. The van der Waals surface area contributed by atoms with Crippen LogP contribution in [-0.2, 0) is 20.9 Å². The highest BCUT2D eigenvalue weighted by atomic mass is 16.5. The zero-order chi connectivity index (χ0) is 20.1. The third-order valence-corrected chi connectivity index (χ3v) is 5.22. The van der Waals surface area contributed by atoms with Crippen molar-refractivity contribution < 1.29 is 29.6 Å². The summed E-state index contributed by atoms with van der Waals surface area (Å²) in [4.78, 5) is 22.6. The molecular weight excluding hydrogens is 358 g/mol. The minimum Gasteiger partial charge on any atom is -0.483 e. The first-order valence-electron chi connectivity index (χ1n) is 8.86.